The Labute approximate surface area is 108 Å². The Morgan fingerprint density at radius 1 is 1.28 bits per heavy atom. The molecule has 0 radical (unpaired) electrons. The Balaban J connectivity index is 1.93. The van der Waals surface area contributed by atoms with E-state index in [1.807, 2.05) is 4.90 Å². The summed E-state index contributed by atoms with van der Waals surface area (Å²) in [5, 5.41) is 8.48. The van der Waals surface area contributed by atoms with Crippen LogP contribution < -0.4 is 5.73 Å². The van der Waals surface area contributed by atoms with E-state index in [9.17, 15) is 4.79 Å². The summed E-state index contributed by atoms with van der Waals surface area (Å²) in [6.07, 6.45) is 1.43. The zero-order chi connectivity index (χ0) is 13.2. The van der Waals surface area contributed by atoms with E-state index in [0.717, 1.165) is 19.5 Å². The zero-order valence-corrected chi connectivity index (χ0v) is 10.8. The van der Waals surface area contributed by atoms with Gasteiger partial charge < -0.3 is 25.2 Å². The molecule has 6 heteroatoms. The van der Waals surface area contributed by atoms with Crippen LogP contribution in [0.2, 0.25) is 0 Å². The largest absolute Gasteiger partial charge is 0.394 e. The molecule has 1 rings (SSSR count). The number of carbonyl (C=O) groups is 1. The molecule has 1 unspecified atom stereocenters. The summed E-state index contributed by atoms with van der Waals surface area (Å²) >= 11 is 0. The fourth-order valence-corrected chi connectivity index (χ4v) is 1.97. The van der Waals surface area contributed by atoms with E-state index in [4.69, 9.17) is 20.3 Å². The van der Waals surface area contributed by atoms with E-state index >= 15 is 0 Å². The van der Waals surface area contributed by atoms with Crippen molar-refractivity contribution in [1.82, 2.24) is 4.90 Å². The Bertz CT molecular complexity index is 238. The number of aliphatic hydroxyl groups excluding tert-OH is 1. The first-order chi connectivity index (χ1) is 8.77. The van der Waals surface area contributed by atoms with Crippen molar-refractivity contribution in [2.75, 3.05) is 52.7 Å². The van der Waals surface area contributed by atoms with Gasteiger partial charge in [0.05, 0.1) is 26.4 Å². The van der Waals surface area contributed by atoms with Gasteiger partial charge in [0.15, 0.2) is 0 Å². The van der Waals surface area contributed by atoms with Gasteiger partial charge in [-0.15, -0.1) is 0 Å². The number of hydrogen-bond donors (Lipinski definition) is 2. The second-order valence-electron chi connectivity index (χ2n) is 4.45. The molecule has 0 bridgehead atoms. The summed E-state index contributed by atoms with van der Waals surface area (Å²) in [7, 11) is 0. The smallest absolute Gasteiger partial charge is 0.222 e. The highest BCUT2D eigenvalue weighted by atomic mass is 16.5. The van der Waals surface area contributed by atoms with Gasteiger partial charge in [-0.05, 0) is 18.9 Å². The van der Waals surface area contributed by atoms with Crippen LogP contribution in [0.5, 0.6) is 0 Å². The number of hydrogen-bond acceptors (Lipinski definition) is 5. The van der Waals surface area contributed by atoms with E-state index in [-0.39, 0.29) is 12.5 Å². The van der Waals surface area contributed by atoms with Crippen molar-refractivity contribution in [2.45, 2.75) is 12.8 Å². The fraction of sp³-hybridized carbons (Fsp3) is 0.917. The summed E-state index contributed by atoms with van der Waals surface area (Å²) < 4.78 is 10.4. The first-order valence-electron chi connectivity index (χ1n) is 6.52. The average molecular weight is 260 g/mol. The van der Waals surface area contributed by atoms with Gasteiger partial charge >= 0.3 is 0 Å². The van der Waals surface area contributed by atoms with Crippen LogP contribution in [0.1, 0.15) is 12.8 Å². The molecule has 0 aromatic heterocycles. The van der Waals surface area contributed by atoms with Crippen LogP contribution in [-0.2, 0) is 14.3 Å². The molecule has 6 nitrogen and oxygen atoms in total. The normalized spacial score (nSPS) is 19.8. The van der Waals surface area contributed by atoms with Gasteiger partial charge in [0.2, 0.25) is 5.91 Å². The Kier molecular flexibility index (Phi) is 7.91. The summed E-state index contributed by atoms with van der Waals surface area (Å²) in [5.74, 6) is 0.530. The minimum absolute atomic E-state index is 0.0411. The number of carbonyl (C=O) groups excluding carboxylic acids is 1. The third-order valence-electron chi connectivity index (χ3n) is 2.95. The number of nitrogens with zero attached hydrogens (tertiary/aromatic N) is 1. The van der Waals surface area contributed by atoms with Crippen molar-refractivity contribution in [1.29, 1.82) is 0 Å². The van der Waals surface area contributed by atoms with Crippen molar-refractivity contribution >= 4 is 5.91 Å². The molecule has 1 aliphatic heterocycles. The lowest BCUT2D eigenvalue weighted by Gasteiger charge is -2.16. The Hall–Kier alpha value is -0.690. The predicted molar refractivity (Wildman–Crippen MR) is 67.1 cm³/mol. The van der Waals surface area contributed by atoms with Crippen LogP contribution in [0.3, 0.4) is 0 Å². The van der Waals surface area contributed by atoms with Crippen LogP contribution >= 0.6 is 0 Å². The number of nitrogens with two attached hydrogens (primary N) is 1. The highest BCUT2D eigenvalue weighted by molar-refractivity contribution is 5.78. The van der Waals surface area contributed by atoms with Crippen molar-refractivity contribution in [3.63, 3.8) is 0 Å². The molecule has 1 atom stereocenters. The molecular formula is C12H24N2O4. The van der Waals surface area contributed by atoms with Crippen LogP contribution in [-0.4, -0.2) is 68.6 Å². The summed E-state index contributed by atoms with van der Waals surface area (Å²) in [6, 6.07) is 0. The molecule has 1 heterocycles. The highest BCUT2D eigenvalue weighted by Gasteiger charge is 2.27. The predicted octanol–water partition coefficient (Wildman–Crippen LogP) is -0.791. The molecule has 3 N–H and O–H groups in total. The van der Waals surface area contributed by atoms with Crippen LogP contribution in [0.15, 0.2) is 0 Å². The molecule has 1 amide bonds. The van der Waals surface area contributed by atoms with Gasteiger partial charge in [-0.1, -0.05) is 0 Å². The lowest BCUT2D eigenvalue weighted by molar-refractivity contribution is -0.127. The molecule has 1 fully saturated rings. The maximum absolute atomic E-state index is 11.6. The molecule has 0 spiro atoms. The molecule has 0 saturated carbocycles. The van der Waals surface area contributed by atoms with Gasteiger partial charge in [0.25, 0.3) is 0 Å². The minimum Gasteiger partial charge on any atom is -0.394 e. The molecule has 0 aromatic rings. The van der Waals surface area contributed by atoms with Gasteiger partial charge in [0, 0.05) is 26.1 Å². The highest BCUT2D eigenvalue weighted by Crippen LogP contribution is 2.16. The van der Waals surface area contributed by atoms with Crippen molar-refractivity contribution in [2.24, 2.45) is 11.7 Å². The average Bonchev–Trinajstić information content (AvgIpc) is 2.73. The summed E-state index contributed by atoms with van der Waals surface area (Å²) in [6.45, 7) is 4.16. The third-order valence-corrected chi connectivity index (χ3v) is 2.95. The SMILES string of the molecule is NCC1CC(=O)N(CCCOCCOCCO)C1. The Morgan fingerprint density at radius 2 is 2.00 bits per heavy atom. The number of aliphatic hydroxyl groups is 1. The zero-order valence-electron chi connectivity index (χ0n) is 10.8. The molecule has 0 aromatic carbocycles. The molecule has 18 heavy (non-hydrogen) atoms. The van der Waals surface area contributed by atoms with Crippen LogP contribution in [0, 0.1) is 5.92 Å². The topological polar surface area (TPSA) is 85.0 Å². The first-order valence-corrected chi connectivity index (χ1v) is 6.52. The van der Waals surface area contributed by atoms with Crippen molar-refractivity contribution < 1.29 is 19.4 Å². The van der Waals surface area contributed by atoms with Crippen molar-refractivity contribution in [3.8, 4) is 0 Å². The molecule has 0 aliphatic carbocycles. The van der Waals surface area contributed by atoms with Gasteiger partial charge in [-0.25, -0.2) is 0 Å². The second kappa shape index (κ2) is 9.27. The van der Waals surface area contributed by atoms with E-state index in [1.165, 1.54) is 0 Å². The number of likely N-dealkylation sites (tertiary alicyclic amines) is 1. The summed E-state index contributed by atoms with van der Waals surface area (Å²) in [4.78, 5) is 13.4. The fourth-order valence-electron chi connectivity index (χ4n) is 1.97. The van der Waals surface area contributed by atoms with Gasteiger partial charge in [0.1, 0.15) is 0 Å². The number of rotatable bonds is 10. The lowest BCUT2D eigenvalue weighted by Crippen LogP contribution is -2.28. The van der Waals surface area contributed by atoms with Crippen molar-refractivity contribution in [3.05, 3.63) is 0 Å². The molecular weight excluding hydrogens is 236 g/mol. The first kappa shape index (κ1) is 15.4. The van der Waals surface area contributed by atoms with E-state index in [1.54, 1.807) is 0 Å². The van der Waals surface area contributed by atoms with E-state index < -0.39 is 0 Å². The summed E-state index contributed by atoms with van der Waals surface area (Å²) in [5.41, 5.74) is 5.56. The Morgan fingerprint density at radius 3 is 2.61 bits per heavy atom. The standard InChI is InChI=1S/C12H24N2O4/c13-9-11-8-12(16)14(10-11)2-1-4-17-6-7-18-5-3-15/h11,15H,1-10,13H2. The second-order valence-corrected chi connectivity index (χ2v) is 4.45. The van der Waals surface area contributed by atoms with Gasteiger partial charge in [-0.2, -0.15) is 0 Å². The maximum atomic E-state index is 11.6. The minimum atomic E-state index is 0.0411. The number of amides is 1. The van der Waals surface area contributed by atoms with E-state index in [0.29, 0.717) is 45.3 Å². The lowest BCUT2D eigenvalue weighted by atomic mass is 10.1. The number of ether oxygens (including phenoxy) is 2. The molecule has 1 saturated heterocycles. The van der Waals surface area contributed by atoms with Crippen LogP contribution in [0.4, 0.5) is 0 Å². The quantitative estimate of drug-likeness (QED) is 0.503. The molecule has 106 valence electrons. The maximum Gasteiger partial charge on any atom is 0.222 e. The van der Waals surface area contributed by atoms with E-state index in [2.05, 4.69) is 0 Å². The monoisotopic (exact) mass is 260 g/mol. The third kappa shape index (κ3) is 5.77. The van der Waals surface area contributed by atoms with Crippen LogP contribution in [0.25, 0.3) is 0 Å². The van der Waals surface area contributed by atoms with Gasteiger partial charge in [-0.3, -0.25) is 4.79 Å². The molecule has 1 aliphatic rings.